The van der Waals surface area contributed by atoms with Gasteiger partial charge in [0, 0.05) is 24.9 Å². The Morgan fingerprint density at radius 3 is 2.28 bits per heavy atom. The standard InChI is InChI=1S/C10H12F3N3OS/c11-10(12,13)8-14-15-9(18-8)16-3-5-1-2-6(4-16)7(5)17/h5-7,17H,1-4H2. The molecule has 1 aliphatic heterocycles. The Morgan fingerprint density at radius 1 is 1.17 bits per heavy atom. The molecule has 2 bridgehead atoms. The molecule has 3 rings (SSSR count). The second-order valence-corrected chi connectivity index (χ2v) is 5.84. The molecular weight excluding hydrogens is 267 g/mol. The summed E-state index contributed by atoms with van der Waals surface area (Å²) in [5.74, 6) is 0.309. The summed E-state index contributed by atoms with van der Waals surface area (Å²) in [6, 6.07) is 0. The van der Waals surface area contributed by atoms with Crippen LogP contribution in [0.3, 0.4) is 0 Å². The molecule has 1 saturated carbocycles. The first-order valence-corrected chi connectivity index (χ1v) is 6.60. The van der Waals surface area contributed by atoms with Crippen LogP contribution in [-0.2, 0) is 6.18 Å². The van der Waals surface area contributed by atoms with E-state index >= 15 is 0 Å². The van der Waals surface area contributed by atoms with Gasteiger partial charge in [0.25, 0.3) is 0 Å². The molecule has 2 aliphatic rings. The first-order chi connectivity index (χ1) is 8.45. The second kappa shape index (κ2) is 4.06. The van der Waals surface area contributed by atoms with Gasteiger partial charge in [-0.15, -0.1) is 10.2 Å². The van der Waals surface area contributed by atoms with Crippen molar-refractivity contribution in [2.45, 2.75) is 25.1 Å². The van der Waals surface area contributed by atoms with Crippen molar-refractivity contribution in [3.8, 4) is 0 Å². The monoisotopic (exact) mass is 279 g/mol. The molecule has 2 unspecified atom stereocenters. The Bertz CT molecular complexity index is 436. The Hall–Kier alpha value is -0.890. The molecule has 18 heavy (non-hydrogen) atoms. The van der Waals surface area contributed by atoms with Gasteiger partial charge in [0.15, 0.2) is 0 Å². The predicted octanol–water partition coefficient (Wildman–Crippen LogP) is 1.76. The normalized spacial score (nSPS) is 32.0. The summed E-state index contributed by atoms with van der Waals surface area (Å²) in [5, 5.41) is 16.1. The number of aromatic nitrogens is 2. The second-order valence-electron chi connectivity index (χ2n) is 4.88. The van der Waals surface area contributed by atoms with Crippen LogP contribution in [0.5, 0.6) is 0 Å². The molecule has 2 heterocycles. The van der Waals surface area contributed by atoms with Crippen molar-refractivity contribution in [2.24, 2.45) is 11.8 Å². The van der Waals surface area contributed by atoms with Gasteiger partial charge in [0.05, 0.1) is 6.10 Å². The van der Waals surface area contributed by atoms with Gasteiger partial charge in [-0.25, -0.2) is 0 Å². The lowest BCUT2D eigenvalue weighted by Gasteiger charge is -2.34. The van der Waals surface area contributed by atoms with E-state index in [1.807, 2.05) is 4.90 Å². The minimum absolute atomic E-state index is 0.155. The SMILES string of the molecule is OC1C2CCC1CN(c1nnc(C(F)(F)F)s1)C2. The van der Waals surface area contributed by atoms with Crippen molar-refractivity contribution >= 4 is 16.5 Å². The lowest BCUT2D eigenvalue weighted by molar-refractivity contribution is -0.138. The zero-order valence-corrected chi connectivity index (χ0v) is 10.2. The van der Waals surface area contributed by atoms with Gasteiger partial charge in [-0.3, -0.25) is 0 Å². The number of aliphatic hydroxyl groups is 1. The number of nitrogens with zero attached hydrogens (tertiary/aromatic N) is 3. The molecule has 0 aromatic carbocycles. The highest BCUT2D eigenvalue weighted by Crippen LogP contribution is 2.40. The first-order valence-electron chi connectivity index (χ1n) is 5.79. The molecule has 2 atom stereocenters. The number of halogens is 3. The van der Waals surface area contributed by atoms with Gasteiger partial charge in [-0.1, -0.05) is 11.3 Å². The number of rotatable bonds is 1. The molecule has 4 nitrogen and oxygen atoms in total. The minimum Gasteiger partial charge on any atom is -0.392 e. The average Bonchev–Trinajstić information content (AvgIpc) is 2.82. The molecule has 0 radical (unpaired) electrons. The number of hydrogen-bond donors (Lipinski definition) is 1. The van der Waals surface area contributed by atoms with Gasteiger partial charge in [-0.05, 0) is 12.8 Å². The van der Waals surface area contributed by atoms with Crippen LogP contribution < -0.4 is 4.90 Å². The smallest absolute Gasteiger partial charge is 0.392 e. The summed E-state index contributed by atoms with van der Waals surface area (Å²) >= 11 is 0.576. The fourth-order valence-electron chi connectivity index (χ4n) is 2.81. The van der Waals surface area contributed by atoms with Gasteiger partial charge in [0.1, 0.15) is 0 Å². The van der Waals surface area contributed by atoms with E-state index in [9.17, 15) is 18.3 Å². The number of aliphatic hydroxyl groups excluding tert-OH is 1. The quantitative estimate of drug-likeness (QED) is 0.851. The van der Waals surface area contributed by atoms with E-state index in [2.05, 4.69) is 10.2 Å². The third-order valence-corrected chi connectivity index (χ3v) is 4.74. The average molecular weight is 279 g/mol. The van der Waals surface area contributed by atoms with Crippen molar-refractivity contribution in [3.63, 3.8) is 0 Å². The molecule has 1 aromatic heterocycles. The summed E-state index contributed by atoms with van der Waals surface area (Å²) in [7, 11) is 0. The van der Waals surface area contributed by atoms with E-state index in [0.717, 1.165) is 12.8 Å². The lowest BCUT2D eigenvalue weighted by Crippen LogP contribution is -2.44. The number of alkyl halides is 3. The van der Waals surface area contributed by atoms with Crippen LogP contribution in [0, 0.1) is 11.8 Å². The Labute approximate surface area is 105 Å². The summed E-state index contributed by atoms with van der Waals surface area (Å²) in [5.41, 5.74) is 0. The summed E-state index contributed by atoms with van der Waals surface area (Å²) in [6.07, 6.45) is -2.86. The third-order valence-electron chi connectivity index (χ3n) is 3.71. The number of anilines is 1. The van der Waals surface area contributed by atoms with Crippen LogP contribution in [0.15, 0.2) is 0 Å². The van der Waals surface area contributed by atoms with Crippen LogP contribution >= 0.6 is 11.3 Å². The highest BCUT2D eigenvalue weighted by atomic mass is 32.1. The van der Waals surface area contributed by atoms with Gasteiger partial charge in [-0.2, -0.15) is 13.2 Å². The maximum Gasteiger partial charge on any atom is 0.445 e. The minimum atomic E-state index is -4.43. The topological polar surface area (TPSA) is 49.2 Å². The highest BCUT2D eigenvalue weighted by Gasteiger charge is 2.42. The molecule has 0 amide bonds. The van der Waals surface area contributed by atoms with Crippen molar-refractivity contribution in [1.82, 2.24) is 10.2 Å². The fraction of sp³-hybridized carbons (Fsp3) is 0.800. The molecule has 100 valence electrons. The molecule has 1 N–H and O–H groups in total. The van der Waals surface area contributed by atoms with Crippen LogP contribution in [0.4, 0.5) is 18.3 Å². The molecular formula is C10H12F3N3OS. The van der Waals surface area contributed by atoms with Crippen molar-refractivity contribution in [1.29, 1.82) is 0 Å². The maximum atomic E-state index is 12.4. The Balaban J connectivity index is 1.78. The van der Waals surface area contributed by atoms with E-state index in [1.54, 1.807) is 0 Å². The maximum absolute atomic E-state index is 12.4. The number of piperidine rings is 1. The zero-order chi connectivity index (χ0) is 12.9. The molecule has 0 spiro atoms. The van der Waals surface area contributed by atoms with Crippen LogP contribution in [-0.4, -0.2) is 34.5 Å². The Kier molecular flexibility index (Phi) is 2.74. The lowest BCUT2D eigenvalue weighted by atomic mass is 9.96. The summed E-state index contributed by atoms with van der Waals surface area (Å²) in [4.78, 5) is 1.82. The zero-order valence-electron chi connectivity index (χ0n) is 9.39. The molecule has 1 aliphatic carbocycles. The van der Waals surface area contributed by atoms with Crippen molar-refractivity contribution < 1.29 is 18.3 Å². The molecule has 8 heteroatoms. The summed E-state index contributed by atoms with van der Waals surface area (Å²) < 4.78 is 37.3. The molecule has 1 aromatic rings. The van der Waals surface area contributed by atoms with E-state index < -0.39 is 11.2 Å². The molecule has 1 saturated heterocycles. The third kappa shape index (κ3) is 1.97. The Morgan fingerprint density at radius 2 is 1.78 bits per heavy atom. The van der Waals surface area contributed by atoms with E-state index in [0.29, 0.717) is 29.6 Å². The number of hydrogen-bond acceptors (Lipinski definition) is 5. The van der Waals surface area contributed by atoms with Gasteiger partial charge in [0.2, 0.25) is 10.1 Å². The summed E-state index contributed by atoms with van der Waals surface area (Å²) in [6.45, 7) is 1.15. The largest absolute Gasteiger partial charge is 0.445 e. The van der Waals surface area contributed by atoms with Crippen molar-refractivity contribution in [2.75, 3.05) is 18.0 Å². The van der Waals surface area contributed by atoms with E-state index in [4.69, 9.17) is 0 Å². The number of fused-ring (bicyclic) bond motifs is 2. The van der Waals surface area contributed by atoms with Crippen molar-refractivity contribution in [3.05, 3.63) is 5.01 Å². The fourth-order valence-corrected chi connectivity index (χ4v) is 3.54. The first kappa shape index (κ1) is 12.2. The molecule has 2 fully saturated rings. The highest BCUT2D eigenvalue weighted by molar-refractivity contribution is 7.15. The van der Waals surface area contributed by atoms with E-state index in [-0.39, 0.29) is 17.9 Å². The van der Waals surface area contributed by atoms with Crippen LogP contribution in [0.2, 0.25) is 0 Å². The predicted molar refractivity (Wildman–Crippen MR) is 59.3 cm³/mol. The van der Waals surface area contributed by atoms with Gasteiger partial charge >= 0.3 is 6.18 Å². The van der Waals surface area contributed by atoms with Crippen LogP contribution in [0.1, 0.15) is 17.8 Å². The van der Waals surface area contributed by atoms with Gasteiger partial charge < -0.3 is 10.0 Å². The van der Waals surface area contributed by atoms with E-state index in [1.165, 1.54) is 0 Å². The van der Waals surface area contributed by atoms with Crippen LogP contribution in [0.25, 0.3) is 0 Å².